The first kappa shape index (κ1) is 34.8. The fraction of sp³-hybridized carbons (Fsp3) is 0.667. The Kier molecular flexibility index (Phi) is 9.96. The van der Waals surface area contributed by atoms with Crippen LogP contribution in [0.2, 0.25) is 0 Å². The van der Waals surface area contributed by atoms with E-state index in [1.54, 1.807) is 6.08 Å². The number of rotatable bonds is 12. The number of nitrogens with one attached hydrogen (secondary N) is 1. The molecule has 3 fully saturated rings. The Morgan fingerprint density at radius 1 is 1.25 bits per heavy atom. The minimum Gasteiger partial charge on any atom is -0.481 e. The maximum absolute atomic E-state index is 12.5. The van der Waals surface area contributed by atoms with E-state index in [1.807, 2.05) is 0 Å². The van der Waals surface area contributed by atoms with Gasteiger partial charge in [0.15, 0.2) is 11.9 Å². The minimum absolute atomic E-state index is 0.0643. The smallest absolute Gasteiger partial charge is 0.333 e. The molecule has 3 heterocycles. The van der Waals surface area contributed by atoms with Gasteiger partial charge >= 0.3 is 11.9 Å². The molecule has 48 heavy (non-hydrogen) atoms. The van der Waals surface area contributed by atoms with Gasteiger partial charge in [-0.1, -0.05) is 31.9 Å². The molecular weight excluding hydrogens is 622 g/mol. The standard InChI is InChI=1S/C36H49NO11/c1-4-21-23(17-30(40)41)22(32(42)45-3)11-12-27(21)46-34-35(44)14-13-25-24-16-26(19(2)20-8-5-6-9-20)37-31(24)28(10-7-15-38)48-36(25,33(35)43)29(18-39)47-34/h4,11,16,19-21,23,27,29,33-34,37-39,43-44H,1,5-10,12-15,17-18H2,2-3H3,(H,40,41)/t19-,21-,23+,27-,29-,33-,34-,35-,36-/m1/s1. The number of fused-ring (bicyclic) bond motifs is 2. The van der Waals surface area contributed by atoms with Crippen LogP contribution in [0.5, 0.6) is 0 Å². The molecule has 1 spiro atoms. The van der Waals surface area contributed by atoms with Gasteiger partial charge < -0.3 is 49.5 Å². The van der Waals surface area contributed by atoms with E-state index in [2.05, 4.69) is 24.6 Å². The first-order valence-corrected chi connectivity index (χ1v) is 17.2. The lowest BCUT2D eigenvalue weighted by Gasteiger charge is -2.60. The van der Waals surface area contributed by atoms with Crippen molar-refractivity contribution in [2.45, 2.75) is 113 Å². The van der Waals surface area contributed by atoms with Gasteiger partial charge in [0.05, 0.1) is 31.6 Å². The number of esters is 1. The predicted octanol–water partition coefficient (Wildman–Crippen LogP) is 1.49. The molecule has 0 amide bonds. The van der Waals surface area contributed by atoms with Gasteiger partial charge in [-0.05, 0) is 62.0 Å². The van der Waals surface area contributed by atoms with E-state index < -0.39 is 66.2 Å². The third-order valence-corrected chi connectivity index (χ3v) is 11.6. The largest absolute Gasteiger partial charge is 0.481 e. The normalized spacial score (nSPS) is 35.2. The summed E-state index contributed by atoms with van der Waals surface area (Å²) in [6.45, 7) is 5.49. The van der Waals surface area contributed by atoms with Gasteiger partial charge in [-0.15, -0.1) is 6.58 Å². The summed E-state index contributed by atoms with van der Waals surface area (Å²) in [5.74, 6) is -1.87. The predicted molar refractivity (Wildman–Crippen MR) is 172 cm³/mol. The Morgan fingerprint density at radius 3 is 2.65 bits per heavy atom. The molecule has 12 heteroatoms. The number of carboxylic acids is 1. The van der Waals surface area contributed by atoms with Gasteiger partial charge in [0.1, 0.15) is 23.6 Å². The van der Waals surface area contributed by atoms with Crippen molar-refractivity contribution >= 4 is 23.3 Å². The number of aliphatic hydroxyl groups is 4. The van der Waals surface area contributed by atoms with E-state index in [1.165, 1.54) is 38.9 Å². The van der Waals surface area contributed by atoms with Crippen molar-refractivity contribution in [3.05, 3.63) is 46.6 Å². The number of aromatic amines is 1. The number of hydrogen-bond donors (Lipinski definition) is 6. The summed E-state index contributed by atoms with van der Waals surface area (Å²) in [7, 11) is 1.23. The van der Waals surface area contributed by atoms with Crippen LogP contribution in [-0.4, -0.2) is 98.6 Å². The first-order valence-electron chi connectivity index (χ1n) is 17.2. The van der Waals surface area contributed by atoms with E-state index in [0.29, 0.717) is 30.9 Å². The average molecular weight is 672 g/mol. The zero-order chi connectivity index (χ0) is 34.4. The van der Waals surface area contributed by atoms with Crippen molar-refractivity contribution in [2.75, 3.05) is 20.3 Å². The van der Waals surface area contributed by atoms with Crippen molar-refractivity contribution in [3.63, 3.8) is 0 Å². The quantitative estimate of drug-likeness (QED) is 0.140. The summed E-state index contributed by atoms with van der Waals surface area (Å²) in [6, 6.07) is 2.12. The fourth-order valence-corrected chi connectivity index (χ4v) is 9.02. The summed E-state index contributed by atoms with van der Waals surface area (Å²) >= 11 is 0. The van der Waals surface area contributed by atoms with Crippen molar-refractivity contribution in [1.29, 1.82) is 0 Å². The molecule has 6 rings (SSSR count). The monoisotopic (exact) mass is 671 g/mol. The van der Waals surface area contributed by atoms with Crippen LogP contribution in [0.25, 0.3) is 11.3 Å². The van der Waals surface area contributed by atoms with E-state index in [0.717, 1.165) is 21.8 Å². The van der Waals surface area contributed by atoms with Gasteiger partial charge in [0, 0.05) is 41.3 Å². The van der Waals surface area contributed by atoms with Crippen LogP contribution in [0.15, 0.2) is 30.4 Å². The van der Waals surface area contributed by atoms with Crippen LogP contribution in [0.4, 0.5) is 0 Å². The number of aliphatic hydroxyl groups excluding tert-OH is 3. The Hall–Kier alpha value is -3.00. The highest BCUT2D eigenvalue weighted by molar-refractivity contribution is 5.90. The number of hydrogen-bond acceptors (Lipinski definition) is 10. The van der Waals surface area contributed by atoms with Crippen molar-refractivity contribution in [3.8, 4) is 0 Å². The highest BCUT2D eigenvalue weighted by Gasteiger charge is 2.70. The summed E-state index contributed by atoms with van der Waals surface area (Å²) < 4.78 is 24.4. The molecule has 12 nitrogen and oxygen atoms in total. The summed E-state index contributed by atoms with van der Waals surface area (Å²) in [4.78, 5) is 28.0. The van der Waals surface area contributed by atoms with Gasteiger partial charge in [-0.25, -0.2) is 4.79 Å². The molecular formula is C36H49NO11. The second-order valence-electron chi connectivity index (χ2n) is 14.1. The maximum atomic E-state index is 12.5. The molecule has 264 valence electrons. The maximum Gasteiger partial charge on any atom is 0.333 e. The van der Waals surface area contributed by atoms with Crippen LogP contribution < -0.4 is 10.6 Å². The molecule has 0 aromatic carbocycles. The SMILES string of the molecule is C=C[C@@H]1[C@H](CC(=O)O)C(C(=O)OC)=CC[C@H]1O[C@@H]1O[C@H](CO)[C@]23OC(CCCO)=c4[nH]c([C@H](C)C5CCCC5)cc4=C2CC[C@@]1(O)[C@H]3O. The van der Waals surface area contributed by atoms with Gasteiger partial charge in [0.2, 0.25) is 0 Å². The molecule has 9 atom stereocenters. The Labute approximate surface area is 279 Å². The van der Waals surface area contributed by atoms with Crippen LogP contribution in [0.1, 0.15) is 82.7 Å². The van der Waals surface area contributed by atoms with Gasteiger partial charge in [-0.2, -0.15) is 0 Å². The number of ether oxygens (including phenoxy) is 4. The molecule has 5 aliphatic rings. The van der Waals surface area contributed by atoms with Crippen LogP contribution in [0, 0.1) is 17.8 Å². The summed E-state index contributed by atoms with van der Waals surface area (Å²) in [5.41, 5.74) is -1.58. The number of carboxylic acid groups (broad SMARTS) is 1. The zero-order valence-electron chi connectivity index (χ0n) is 27.7. The Morgan fingerprint density at radius 2 is 2.00 bits per heavy atom. The van der Waals surface area contributed by atoms with E-state index >= 15 is 0 Å². The van der Waals surface area contributed by atoms with E-state index in [-0.39, 0.29) is 37.4 Å². The van der Waals surface area contributed by atoms with Gasteiger partial charge in [0.25, 0.3) is 0 Å². The van der Waals surface area contributed by atoms with Crippen LogP contribution in [0.3, 0.4) is 0 Å². The Bertz CT molecular complexity index is 1560. The lowest BCUT2D eigenvalue weighted by Crippen LogP contribution is -2.78. The van der Waals surface area contributed by atoms with Crippen LogP contribution in [-0.2, 0) is 28.5 Å². The number of aromatic nitrogens is 1. The van der Waals surface area contributed by atoms with E-state index in [9.17, 15) is 35.1 Å². The van der Waals surface area contributed by atoms with Crippen molar-refractivity contribution in [2.24, 2.45) is 17.8 Å². The topological polar surface area (TPSA) is 188 Å². The molecule has 1 saturated heterocycles. The molecule has 2 bridgehead atoms. The third-order valence-electron chi connectivity index (χ3n) is 11.6. The number of aliphatic carboxylic acids is 1. The lowest BCUT2D eigenvalue weighted by molar-refractivity contribution is -0.372. The molecule has 1 aromatic heterocycles. The highest BCUT2D eigenvalue weighted by atomic mass is 16.7. The van der Waals surface area contributed by atoms with Crippen molar-refractivity contribution in [1.82, 2.24) is 4.98 Å². The second kappa shape index (κ2) is 13.7. The summed E-state index contributed by atoms with van der Waals surface area (Å²) in [6.07, 6.45) is 3.92. The number of carbonyl (C=O) groups is 2. The number of H-pyrrole nitrogens is 1. The van der Waals surface area contributed by atoms with E-state index in [4.69, 9.17) is 18.9 Å². The van der Waals surface area contributed by atoms with Gasteiger partial charge in [-0.3, -0.25) is 4.79 Å². The lowest BCUT2D eigenvalue weighted by atomic mass is 9.63. The zero-order valence-corrected chi connectivity index (χ0v) is 27.7. The molecule has 0 unspecified atom stereocenters. The van der Waals surface area contributed by atoms with Crippen molar-refractivity contribution < 1.29 is 54.1 Å². The molecule has 3 aliphatic carbocycles. The summed E-state index contributed by atoms with van der Waals surface area (Å²) in [5, 5.41) is 56.3. The number of carbonyl (C=O) groups excluding carboxylic acids is 1. The fourth-order valence-electron chi connectivity index (χ4n) is 9.02. The molecule has 1 aromatic rings. The van der Waals surface area contributed by atoms with Crippen LogP contribution >= 0.6 is 0 Å². The third kappa shape index (κ3) is 5.64. The highest BCUT2D eigenvalue weighted by Crippen LogP contribution is 2.54. The molecule has 0 radical (unpaired) electrons. The molecule has 2 aliphatic heterocycles. The molecule has 2 saturated carbocycles. The Balaban J connectivity index is 1.37. The molecule has 6 N–H and O–H groups in total. The number of methoxy groups -OCH3 is 1. The second-order valence-corrected chi connectivity index (χ2v) is 14.1. The average Bonchev–Trinajstić information content (AvgIpc) is 3.77. The minimum atomic E-state index is -1.97. The first-order chi connectivity index (χ1) is 23.0.